The van der Waals surface area contributed by atoms with Crippen molar-refractivity contribution < 1.29 is 9.18 Å². The summed E-state index contributed by atoms with van der Waals surface area (Å²) in [6, 6.07) is 11.3. The highest BCUT2D eigenvalue weighted by Gasteiger charge is 2.29. The maximum atomic E-state index is 13.3. The third kappa shape index (κ3) is 3.23. The molecule has 1 atom stereocenters. The van der Waals surface area contributed by atoms with Gasteiger partial charge >= 0.3 is 0 Å². The average Bonchev–Trinajstić information content (AvgIpc) is 2.70. The Bertz CT molecular complexity index is 1060. The van der Waals surface area contributed by atoms with Crippen molar-refractivity contribution in [2.24, 2.45) is 7.05 Å². The molecule has 0 N–H and O–H groups in total. The van der Waals surface area contributed by atoms with Gasteiger partial charge in [0.15, 0.2) is 0 Å². The lowest BCUT2D eigenvalue weighted by molar-refractivity contribution is 0.0611. The minimum Gasteiger partial charge on any atom is -0.332 e. The van der Waals surface area contributed by atoms with Crippen LogP contribution in [0.5, 0.6) is 0 Å². The van der Waals surface area contributed by atoms with Gasteiger partial charge < -0.3 is 9.47 Å². The number of benzene rings is 2. The van der Waals surface area contributed by atoms with Crippen LogP contribution in [0.25, 0.3) is 10.9 Å². The van der Waals surface area contributed by atoms with Gasteiger partial charge in [-0.2, -0.15) is 0 Å². The zero-order chi connectivity index (χ0) is 19.0. The minimum atomic E-state index is -0.283. The molecule has 1 amide bonds. The highest BCUT2D eigenvalue weighted by atomic mass is 19.1. The molecule has 0 bridgehead atoms. The smallest absolute Gasteiger partial charge is 0.260 e. The maximum absolute atomic E-state index is 13.3. The Morgan fingerprint density at radius 2 is 1.93 bits per heavy atom. The molecular formula is C21H20FN3O2. The summed E-state index contributed by atoms with van der Waals surface area (Å²) in [5.74, 6) is -0.372. The molecule has 1 aromatic heterocycles. The number of likely N-dealkylation sites (tertiary alicyclic amines) is 1. The van der Waals surface area contributed by atoms with Gasteiger partial charge in [0, 0.05) is 19.2 Å². The number of rotatable bonds is 2. The minimum absolute atomic E-state index is 0.0702. The van der Waals surface area contributed by atoms with E-state index >= 15 is 0 Å². The number of fused-ring (bicyclic) bond motifs is 1. The summed E-state index contributed by atoms with van der Waals surface area (Å²) >= 11 is 0. The van der Waals surface area contributed by atoms with Crippen LogP contribution in [0.15, 0.2) is 53.6 Å². The molecule has 0 unspecified atom stereocenters. The van der Waals surface area contributed by atoms with Crippen LogP contribution in [0.3, 0.4) is 0 Å². The van der Waals surface area contributed by atoms with Gasteiger partial charge in [-0.15, -0.1) is 0 Å². The van der Waals surface area contributed by atoms with Crippen molar-refractivity contribution in [3.05, 3.63) is 76.1 Å². The van der Waals surface area contributed by atoms with E-state index in [0.717, 1.165) is 24.8 Å². The van der Waals surface area contributed by atoms with Gasteiger partial charge in [0.2, 0.25) is 0 Å². The fraction of sp³-hybridized carbons (Fsp3) is 0.286. The maximum Gasteiger partial charge on any atom is 0.260 e. The number of amides is 1. The highest BCUT2D eigenvalue weighted by molar-refractivity contribution is 5.98. The third-order valence-corrected chi connectivity index (χ3v) is 5.18. The number of hydrogen-bond acceptors (Lipinski definition) is 3. The van der Waals surface area contributed by atoms with Gasteiger partial charge in [0.25, 0.3) is 11.5 Å². The van der Waals surface area contributed by atoms with Crippen molar-refractivity contribution in [3.8, 4) is 0 Å². The molecule has 1 fully saturated rings. The Kier molecular flexibility index (Phi) is 4.48. The Hall–Kier alpha value is -3.02. The summed E-state index contributed by atoms with van der Waals surface area (Å²) in [6.45, 7) is 0.656. The Labute approximate surface area is 156 Å². The number of aromatic nitrogens is 2. The number of carbonyl (C=O) groups is 1. The summed E-state index contributed by atoms with van der Waals surface area (Å²) < 4.78 is 14.7. The van der Waals surface area contributed by atoms with E-state index in [0.29, 0.717) is 23.0 Å². The molecule has 0 aliphatic carbocycles. The number of halogens is 1. The van der Waals surface area contributed by atoms with Gasteiger partial charge in [0.05, 0.1) is 23.3 Å². The van der Waals surface area contributed by atoms with E-state index in [1.807, 2.05) is 4.90 Å². The number of nitrogens with zero attached hydrogens (tertiary/aromatic N) is 3. The summed E-state index contributed by atoms with van der Waals surface area (Å²) in [5.41, 5.74) is 1.83. The molecule has 4 rings (SSSR count). The molecule has 138 valence electrons. The average molecular weight is 365 g/mol. The Morgan fingerprint density at radius 1 is 1.15 bits per heavy atom. The van der Waals surface area contributed by atoms with E-state index in [1.165, 1.54) is 23.0 Å². The fourth-order valence-electron chi connectivity index (χ4n) is 3.72. The van der Waals surface area contributed by atoms with Crippen LogP contribution in [0, 0.1) is 5.82 Å². The van der Waals surface area contributed by atoms with Gasteiger partial charge in [-0.1, -0.05) is 12.1 Å². The molecule has 0 saturated carbocycles. The van der Waals surface area contributed by atoms with E-state index in [2.05, 4.69) is 4.98 Å². The lowest BCUT2D eigenvalue weighted by Gasteiger charge is -2.36. The van der Waals surface area contributed by atoms with E-state index in [1.54, 1.807) is 37.4 Å². The predicted molar refractivity (Wildman–Crippen MR) is 101 cm³/mol. The molecule has 2 heterocycles. The predicted octanol–water partition coefficient (Wildman–Crippen LogP) is 3.44. The first-order chi connectivity index (χ1) is 13.0. The molecule has 1 saturated heterocycles. The Balaban J connectivity index is 1.69. The van der Waals surface area contributed by atoms with Crippen LogP contribution in [0.4, 0.5) is 4.39 Å². The largest absolute Gasteiger partial charge is 0.332 e. The third-order valence-electron chi connectivity index (χ3n) is 5.18. The van der Waals surface area contributed by atoms with Crippen LogP contribution in [-0.2, 0) is 7.05 Å². The molecule has 1 aliphatic rings. The van der Waals surface area contributed by atoms with Crippen molar-refractivity contribution in [3.63, 3.8) is 0 Å². The number of aryl methyl sites for hydroxylation is 1. The van der Waals surface area contributed by atoms with Gasteiger partial charge in [0.1, 0.15) is 5.82 Å². The lowest BCUT2D eigenvalue weighted by Crippen LogP contribution is -2.38. The standard InChI is InChI=1S/C21H20FN3O2/c1-24-13-23-18-12-15(7-10-17(18)21(24)27)20(26)25-11-3-2-4-19(25)14-5-8-16(22)9-6-14/h5-10,12-13,19H,2-4,11H2,1H3/t19-/m1/s1. The van der Waals surface area contributed by atoms with Crippen molar-refractivity contribution >= 4 is 16.8 Å². The van der Waals surface area contributed by atoms with Crippen LogP contribution < -0.4 is 5.56 Å². The zero-order valence-electron chi connectivity index (χ0n) is 15.1. The Morgan fingerprint density at radius 3 is 2.70 bits per heavy atom. The van der Waals surface area contributed by atoms with Gasteiger partial charge in [-0.25, -0.2) is 9.37 Å². The number of carbonyl (C=O) groups excluding carboxylic acids is 1. The van der Waals surface area contributed by atoms with E-state index in [-0.39, 0.29) is 23.3 Å². The van der Waals surface area contributed by atoms with Crippen molar-refractivity contribution in [2.45, 2.75) is 25.3 Å². The second-order valence-corrected chi connectivity index (χ2v) is 6.95. The lowest BCUT2D eigenvalue weighted by atomic mass is 9.94. The van der Waals surface area contributed by atoms with Crippen LogP contribution >= 0.6 is 0 Å². The first-order valence-electron chi connectivity index (χ1n) is 9.06. The molecule has 6 heteroatoms. The zero-order valence-corrected chi connectivity index (χ0v) is 15.1. The second-order valence-electron chi connectivity index (χ2n) is 6.95. The molecule has 3 aromatic rings. The molecule has 1 aliphatic heterocycles. The second kappa shape index (κ2) is 6.95. The SMILES string of the molecule is Cn1cnc2cc(C(=O)N3CCCC[C@@H]3c3ccc(F)cc3)ccc2c1=O. The summed E-state index contributed by atoms with van der Waals surface area (Å²) in [7, 11) is 1.65. The normalized spacial score (nSPS) is 17.3. The van der Waals surface area contributed by atoms with Gasteiger partial charge in [-0.05, 0) is 55.2 Å². The van der Waals surface area contributed by atoms with E-state index < -0.39 is 0 Å². The van der Waals surface area contributed by atoms with E-state index in [4.69, 9.17) is 0 Å². The summed E-state index contributed by atoms with van der Waals surface area (Å²) in [6.07, 6.45) is 4.28. The summed E-state index contributed by atoms with van der Waals surface area (Å²) in [4.78, 5) is 31.5. The molecule has 27 heavy (non-hydrogen) atoms. The molecule has 5 nitrogen and oxygen atoms in total. The van der Waals surface area contributed by atoms with E-state index in [9.17, 15) is 14.0 Å². The number of piperidine rings is 1. The highest BCUT2D eigenvalue weighted by Crippen LogP contribution is 2.32. The molecule has 0 radical (unpaired) electrons. The summed E-state index contributed by atoms with van der Waals surface area (Å²) in [5, 5.41) is 0.491. The molecule has 0 spiro atoms. The molecule has 2 aromatic carbocycles. The first-order valence-corrected chi connectivity index (χ1v) is 9.06. The molecular weight excluding hydrogens is 345 g/mol. The van der Waals surface area contributed by atoms with Crippen molar-refractivity contribution in [2.75, 3.05) is 6.54 Å². The van der Waals surface area contributed by atoms with Crippen LogP contribution in [-0.4, -0.2) is 26.9 Å². The topological polar surface area (TPSA) is 55.2 Å². The number of hydrogen-bond donors (Lipinski definition) is 0. The van der Waals surface area contributed by atoms with Gasteiger partial charge in [-0.3, -0.25) is 9.59 Å². The monoisotopic (exact) mass is 365 g/mol. The van der Waals surface area contributed by atoms with Crippen LogP contribution in [0.1, 0.15) is 41.2 Å². The fourth-order valence-corrected chi connectivity index (χ4v) is 3.72. The first kappa shape index (κ1) is 17.4. The van der Waals surface area contributed by atoms with Crippen molar-refractivity contribution in [1.82, 2.24) is 14.5 Å². The quantitative estimate of drug-likeness (QED) is 0.699. The van der Waals surface area contributed by atoms with Crippen LogP contribution in [0.2, 0.25) is 0 Å². The van der Waals surface area contributed by atoms with Crippen molar-refractivity contribution in [1.29, 1.82) is 0 Å².